The van der Waals surface area contributed by atoms with Gasteiger partial charge in [-0.15, -0.1) is 34.2 Å². The first-order chi connectivity index (χ1) is 13.4. The first kappa shape index (κ1) is 23.4. The molecule has 0 bridgehead atoms. The summed E-state index contributed by atoms with van der Waals surface area (Å²) in [6.45, 7) is 12.5. The number of aliphatic imine (C=N–C) groups is 1. The van der Waals surface area contributed by atoms with E-state index >= 15 is 0 Å². The zero-order chi connectivity index (χ0) is 20.3. The van der Waals surface area contributed by atoms with Crippen LogP contribution in [0.5, 0.6) is 5.75 Å². The Balaban J connectivity index is 0.00000300. The molecule has 1 aromatic heterocycles. The van der Waals surface area contributed by atoms with Crippen LogP contribution in [0.25, 0.3) is 0 Å². The van der Waals surface area contributed by atoms with Crippen molar-refractivity contribution in [3.05, 3.63) is 40.5 Å². The number of guanidine groups is 1. The number of nitrogens with zero attached hydrogens (tertiary/aromatic N) is 4. The summed E-state index contributed by atoms with van der Waals surface area (Å²) < 4.78 is 2.25. The minimum atomic E-state index is 0. The maximum Gasteiger partial charge on any atom is 0.191 e. The van der Waals surface area contributed by atoms with Gasteiger partial charge in [0.25, 0.3) is 0 Å². The summed E-state index contributed by atoms with van der Waals surface area (Å²) >= 11 is 0. The monoisotopic (exact) mass is 512 g/mol. The van der Waals surface area contributed by atoms with Gasteiger partial charge in [0.15, 0.2) is 5.96 Å². The third kappa shape index (κ3) is 5.61. The topological polar surface area (TPSA) is 87.4 Å². The summed E-state index contributed by atoms with van der Waals surface area (Å²) in [5.74, 6) is 3.68. The second-order valence-corrected chi connectivity index (χ2v) is 7.89. The van der Waals surface area contributed by atoms with Gasteiger partial charge in [0.2, 0.25) is 0 Å². The van der Waals surface area contributed by atoms with Crippen LogP contribution in [-0.2, 0) is 19.5 Å². The molecule has 0 fully saturated rings. The van der Waals surface area contributed by atoms with Crippen LogP contribution in [0, 0.1) is 13.8 Å². The number of fused-ring (bicyclic) bond motifs is 1. The van der Waals surface area contributed by atoms with Crippen LogP contribution in [0.1, 0.15) is 61.4 Å². The summed E-state index contributed by atoms with van der Waals surface area (Å²) in [7, 11) is 0. The maximum atomic E-state index is 9.96. The molecule has 1 aliphatic heterocycles. The number of benzene rings is 1. The van der Waals surface area contributed by atoms with Gasteiger partial charge in [-0.05, 0) is 43.9 Å². The van der Waals surface area contributed by atoms with Crippen molar-refractivity contribution >= 4 is 29.9 Å². The third-order valence-corrected chi connectivity index (χ3v) is 5.15. The van der Waals surface area contributed by atoms with Crippen LogP contribution in [-0.4, -0.2) is 38.4 Å². The van der Waals surface area contributed by atoms with Crippen molar-refractivity contribution < 1.29 is 5.11 Å². The minimum absolute atomic E-state index is 0. The number of aryl methyl sites for hydroxylation is 3. The zero-order valence-corrected chi connectivity index (χ0v) is 20.3. The summed E-state index contributed by atoms with van der Waals surface area (Å²) in [6.07, 6.45) is 1.94. The van der Waals surface area contributed by atoms with Crippen molar-refractivity contribution in [3.8, 4) is 5.75 Å². The Bertz CT molecular complexity index is 838. The van der Waals surface area contributed by atoms with Crippen molar-refractivity contribution in [2.45, 2.75) is 72.5 Å². The number of nitrogens with one attached hydrogen (secondary N) is 2. The van der Waals surface area contributed by atoms with Gasteiger partial charge >= 0.3 is 0 Å². The summed E-state index contributed by atoms with van der Waals surface area (Å²) in [5, 5.41) is 25.6. The number of rotatable bonds is 5. The lowest BCUT2D eigenvalue weighted by molar-refractivity contribution is 0.408. The quantitative estimate of drug-likeness (QED) is 0.325. The van der Waals surface area contributed by atoms with Crippen molar-refractivity contribution in [1.29, 1.82) is 0 Å². The lowest BCUT2D eigenvalue weighted by Gasteiger charge is -2.27. The molecular weight excluding hydrogens is 479 g/mol. The summed E-state index contributed by atoms with van der Waals surface area (Å²) in [5.41, 5.74) is 2.87. The normalized spacial score (nSPS) is 16.3. The van der Waals surface area contributed by atoms with Crippen LogP contribution in [0.2, 0.25) is 0 Å². The molecule has 2 aromatic rings. The van der Waals surface area contributed by atoms with Gasteiger partial charge in [-0.3, -0.25) is 0 Å². The lowest BCUT2D eigenvalue weighted by Crippen LogP contribution is -2.47. The molecule has 1 atom stereocenters. The van der Waals surface area contributed by atoms with Gasteiger partial charge < -0.3 is 20.3 Å². The van der Waals surface area contributed by atoms with Crippen LogP contribution in [0.4, 0.5) is 0 Å². The van der Waals surface area contributed by atoms with E-state index in [0.717, 1.165) is 60.2 Å². The molecule has 2 heterocycles. The molecule has 1 aromatic carbocycles. The number of phenols is 1. The van der Waals surface area contributed by atoms with Gasteiger partial charge in [-0.2, -0.15) is 0 Å². The first-order valence-corrected chi connectivity index (χ1v) is 10.1. The Morgan fingerprint density at radius 2 is 1.97 bits per heavy atom. The zero-order valence-electron chi connectivity index (χ0n) is 18.0. The fourth-order valence-corrected chi connectivity index (χ4v) is 3.71. The molecule has 0 spiro atoms. The van der Waals surface area contributed by atoms with Gasteiger partial charge in [0, 0.05) is 31.5 Å². The highest BCUT2D eigenvalue weighted by Gasteiger charge is 2.24. The molecule has 160 valence electrons. The van der Waals surface area contributed by atoms with Crippen molar-refractivity contribution in [2.24, 2.45) is 4.99 Å². The van der Waals surface area contributed by atoms with Crippen LogP contribution in [0.15, 0.2) is 17.1 Å². The molecule has 0 radical (unpaired) electrons. The molecule has 0 aliphatic carbocycles. The largest absolute Gasteiger partial charge is 0.507 e. The van der Waals surface area contributed by atoms with Crippen LogP contribution < -0.4 is 10.6 Å². The van der Waals surface area contributed by atoms with E-state index in [4.69, 9.17) is 4.99 Å². The van der Waals surface area contributed by atoms with E-state index in [1.54, 1.807) is 0 Å². The predicted molar refractivity (Wildman–Crippen MR) is 127 cm³/mol. The van der Waals surface area contributed by atoms with E-state index in [1.807, 2.05) is 26.0 Å². The van der Waals surface area contributed by atoms with E-state index in [9.17, 15) is 5.11 Å². The predicted octanol–water partition coefficient (Wildman–Crippen LogP) is 3.41. The molecule has 8 heteroatoms. The standard InChI is InChI=1S/C21H32N6O.HI/c1-6-22-21(23-11-16-9-14(4)19(28)15(5)10-16)24-17-7-8-18-25-26-20(13(2)3)27(18)12-17;/h9-10,13,17,28H,6-8,11-12H2,1-5H3,(H2,22,23,24);1H. The molecule has 3 N–H and O–H groups in total. The molecule has 0 amide bonds. The molecule has 7 nitrogen and oxygen atoms in total. The van der Waals surface area contributed by atoms with Gasteiger partial charge in [-0.25, -0.2) is 4.99 Å². The minimum Gasteiger partial charge on any atom is -0.507 e. The molecule has 1 unspecified atom stereocenters. The van der Waals surface area contributed by atoms with Crippen molar-refractivity contribution in [1.82, 2.24) is 25.4 Å². The van der Waals surface area contributed by atoms with Crippen molar-refractivity contribution in [3.63, 3.8) is 0 Å². The fraction of sp³-hybridized carbons (Fsp3) is 0.571. The highest BCUT2D eigenvalue weighted by molar-refractivity contribution is 14.0. The Kier molecular flexibility index (Phi) is 8.30. The van der Waals surface area contributed by atoms with Gasteiger partial charge in [-0.1, -0.05) is 26.0 Å². The Hall–Kier alpha value is -1.84. The van der Waals surface area contributed by atoms with E-state index in [1.165, 1.54) is 0 Å². The number of phenolic OH excluding ortho intramolecular Hbond substituents is 1. The van der Waals surface area contributed by atoms with Crippen LogP contribution >= 0.6 is 24.0 Å². The Morgan fingerprint density at radius 3 is 2.59 bits per heavy atom. The summed E-state index contributed by atoms with van der Waals surface area (Å²) in [6, 6.07) is 4.28. The highest BCUT2D eigenvalue weighted by atomic mass is 127. The smallest absolute Gasteiger partial charge is 0.191 e. The Labute approximate surface area is 190 Å². The molecule has 0 saturated heterocycles. The second kappa shape index (κ2) is 10.3. The lowest BCUT2D eigenvalue weighted by atomic mass is 10.1. The molecule has 1 aliphatic rings. The number of aromatic nitrogens is 3. The van der Waals surface area contributed by atoms with Gasteiger partial charge in [0.05, 0.1) is 6.54 Å². The molecule has 0 saturated carbocycles. The fourth-order valence-electron chi connectivity index (χ4n) is 3.71. The first-order valence-electron chi connectivity index (χ1n) is 10.1. The average Bonchev–Trinajstić information content (AvgIpc) is 3.07. The van der Waals surface area contributed by atoms with E-state index < -0.39 is 0 Å². The number of aromatic hydroxyl groups is 1. The average molecular weight is 512 g/mol. The SMILES string of the molecule is CCNC(=NCc1cc(C)c(O)c(C)c1)NC1CCc2nnc(C(C)C)n2C1.I. The van der Waals surface area contributed by atoms with Crippen LogP contribution in [0.3, 0.4) is 0 Å². The summed E-state index contributed by atoms with van der Waals surface area (Å²) in [4.78, 5) is 4.76. The number of hydrogen-bond donors (Lipinski definition) is 3. The Morgan fingerprint density at radius 1 is 1.28 bits per heavy atom. The third-order valence-electron chi connectivity index (χ3n) is 5.15. The van der Waals surface area contributed by atoms with E-state index in [0.29, 0.717) is 24.3 Å². The number of halogens is 1. The van der Waals surface area contributed by atoms with Gasteiger partial charge in [0.1, 0.15) is 17.4 Å². The highest BCUT2D eigenvalue weighted by Crippen LogP contribution is 2.23. The number of hydrogen-bond acceptors (Lipinski definition) is 4. The van der Waals surface area contributed by atoms with Crippen molar-refractivity contribution in [2.75, 3.05) is 6.54 Å². The maximum absolute atomic E-state index is 9.96. The van der Waals surface area contributed by atoms with E-state index in [2.05, 4.69) is 46.2 Å². The molecule has 3 rings (SSSR count). The molecule has 29 heavy (non-hydrogen) atoms. The molecular formula is C21H33IN6O. The second-order valence-electron chi connectivity index (χ2n) is 7.89. The van der Waals surface area contributed by atoms with E-state index in [-0.39, 0.29) is 24.0 Å².